The van der Waals surface area contributed by atoms with Gasteiger partial charge in [-0.1, -0.05) is 6.42 Å². The Balaban J connectivity index is 1.98. The third-order valence-electron chi connectivity index (χ3n) is 3.75. The summed E-state index contributed by atoms with van der Waals surface area (Å²) in [5.74, 6) is 0.228. The molecule has 4 N–H and O–H groups in total. The van der Waals surface area contributed by atoms with Crippen molar-refractivity contribution < 1.29 is 13.2 Å². The fourth-order valence-electron chi connectivity index (χ4n) is 2.73. The molecule has 1 fully saturated rings. The average molecular weight is 311 g/mol. The first-order chi connectivity index (χ1) is 9.89. The zero-order valence-corrected chi connectivity index (χ0v) is 12.8. The maximum Gasteiger partial charge on any atom is 0.229 e. The van der Waals surface area contributed by atoms with Crippen molar-refractivity contribution in [2.45, 2.75) is 19.3 Å². The number of carbonyl (C=O) groups excluding carboxylic acids is 1. The van der Waals surface area contributed by atoms with Gasteiger partial charge < -0.3 is 11.1 Å². The molecule has 2 rings (SSSR count). The summed E-state index contributed by atoms with van der Waals surface area (Å²) in [6, 6.07) is 6.59. The molecule has 1 saturated carbocycles. The van der Waals surface area contributed by atoms with E-state index < -0.39 is 10.0 Å². The maximum atomic E-state index is 12.2. The lowest BCUT2D eigenvalue weighted by atomic mass is 9.95. The van der Waals surface area contributed by atoms with Gasteiger partial charge in [0.1, 0.15) is 0 Å². The Hall–Kier alpha value is -1.60. The van der Waals surface area contributed by atoms with E-state index in [0.29, 0.717) is 17.9 Å². The molecule has 0 unspecified atom stereocenters. The second kappa shape index (κ2) is 6.44. The monoisotopic (exact) mass is 311 g/mol. The van der Waals surface area contributed by atoms with Crippen LogP contribution in [0.1, 0.15) is 19.3 Å². The molecule has 1 aliphatic carbocycles. The number of hydrogen-bond acceptors (Lipinski definition) is 4. The number of sulfonamides is 1. The fraction of sp³-hybridized carbons (Fsp3) is 0.500. The van der Waals surface area contributed by atoms with E-state index in [1.165, 1.54) is 0 Å². The van der Waals surface area contributed by atoms with Crippen LogP contribution in [0.25, 0.3) is 0 Å². The third-order valence-corrected chi connectivity index (χ3v) is 4.36. The summed E-state index contributed by atoms with van der Waals surface area (Å²) in [6.45, 7) is 0.537. The van der Waals surface area contributed by atoms with Crippen LogP contribution < -0.4 is 15.8 Å². The SMILES string of the molecule is CS(=O)(=O)Nc1ccc(NC(=O)[C@@H]2CCC[C@@H]2CN)cc1. The first-order valence-corrected chi connectivity index (χ1v) is 8.87. The highest BCUT2D eigenvalue weighted by atomic mass is 32.2. The Morgan fingerprint density at radius 2 is 1.86 bits per heavy atom. The van der Waals surface area contributed by atoms with Crippen molar-refractivity contribution in [1.82, 2.24) is 0 Å². The second-order valence-electron chi connectivity index (χ2n) is 5.47. The van der Waals surface area contributed by atoms with Crippen molar-refractivity contribution in [3.8, 4) is 0 Å². The van der Waals surface area contributed by atoms with Gasteiger partial charge in [-0.15, -0.1) is 0 Å². The number of nitrogens with one attached hydrogen (secondary N) is 2. The van der Waals surface area contributed by atoms with Gasteiger partial charge in [-0.3, -0.25) is 9.52 Å². The van der Waals surface area contributed by atoms with Crippen LogP contribution in [0.5, 0.6) is 0 Å². The molecule has 1 aromatic carbocycles. The van der Waals surface area contributed by atoms with E-state index in [1.807, 2.05) is 0 Å². The molecule has 2 atom stereocenters. The lowest BCUT2D eigenvalue weighted by Gasteiger charge is -2.17. The quantitative estimate of drug-likeness (QED) is 0.764. The zero-order valence-electron chi connectivity index (χ0n) is 12.0. The summed E-state index contributed by atoms with van der Waals surface area (Å²) < 4.78 is 24.6. The van der Waals surface area contributed by atoms with Gasteiger partial charge >= 0.3 is 0 Å². The number of nitrogens with two attached hydrogens (primary N) is 1. The summed E-state index contributed by atoms with van der Waals surface area (Å²) in [7, 11) is -3.29. The van der Waals surface area contributed by atoms with Crippen LogP contribution in [0.4, 0.5) is 11.4 Å². The molecule has 1 amide bonds. The third kappa shape index (κ3) is 4.44. The molecule has 0 saturated heterocycles. The van der Waals surface area contributed by atoms with Crippen LogP contribution >= 0.6 is 0 Å². The van der Waals surface area contributed by atoms with Crippen LogP contribution in [0.15, 0.2) is 24.3 Å². The van der Waals surface area contributed by atoms with Crippen LogP contribution in [-0.2, 0) is 14.8 Å². The number of anilines is 2. The van der Waals surface area contributed by atoms with Crippen molar-refractivity contribution in [3.63, 3.8) is 0 Å². The van der Waals surface area contributed by atoms with Gasteiger partial charge in [0.2, 0.25) is 15.9 Å². The Labute approximate surface area is 125 Å². The number of hydrogen-bond donors (Lipinski definition) is 3. The van der Waals surface area contributed by atoms with Crippen LogP contribution in [0, 0.1) is 11.8 Å². The smallest absolute Gasteiger partial charge is 0.229 e. The predicted molar refractivity (Wildman–Crippen MR) is 83.4 cm³/mol. The number of benzene rings is 1. The lowest BCUT2D eigenvalue weighted by Crippen LogP contribution is -2.29. The molecular formula is C14H21N3O3S. The minimum absolute atomic E-state index is 0.00762. The molecule has 6 nitrogen and oxygen atoms in total. The fourth-order valence-corrected chi connectivity index (χ4v) is 3.30. The molecule has 0 spiro atoms. The van der Waals surface area contributed by atoms with Crippen LogP contribution in [0.3, 0.4) is 0 Å². The van der Waals surface area contributed by atoms with Gasteiger partial charge in [-0.05, 0) is 49.6 Å². The summed E-state index contributed by atoms with van der Waals surface area (Å²) in [6.07, 6.45) is 4.01. The topological polar surface area (TPSA) is 101 Å². The van der Waals surface area contributed by atoms with E-state index in [9.17, 15) is 13.2 Å². The van der Waals surface area contributed by atoms with E-state index in [2.05, 4.69) is 10.0 Å². The maximum absolute atomic E-state index is 12.2. The minimum atomic E-state index is -3.29. The number of carbonyl (C=O) groups is 1. The first kappa shape index (κ1) is 15.8. The van der Waals surface area contributed by atoms with Gasteiger partial charge in [-0.25, -0.2) is 8.42 Å². The molecule has 0 heterocycles. The van der Waals surface area contributed by atoms with E-state index >= 15 is 0 Å². The van der Waals surface area contributed by atoms with Crippen LogP contribution in [-0.4, -0.2) is 27.1 Å². The highest BCUT2D eigenvalue weighted by Gasteiger charge is 2.31. The second-order valence-corrected chi connectivity index (χ2v) is 7.22. The van der Waals surface area contributed by atoms with Crippen molar-refractivity contribution >= 4 is 27.3 Å². The summed E-state index contributed by atoms with van der Waals surface area (Å²) >= 11 is 0. The van der Waals surface area contributed by atoms with E-state index in [4.69, 9.17) is 5.73 Å². The lowest BCUT2D eigenvalue weighted by molar-refractivity contribution is -0.120. The Morgan fingerprint density at radius 3 is 2.43 bits per heavy atom. The molecule has 0 aliphatic heterocycles. The van der Waals surface area contributed by atoms with Crippen molar-refractivity contribution in [1.29, 1.82) is 0 Å². The van der Waals surface area contributed by atoms with Gasteiger partial charge in [0, 0.05) is 17.3 Å². The summed E-state index contributed by atoms with van der Waals surface area (Å²) in [5, 5.41) is 2.87. The zero-order chi connectivity index (χ0) is 15.5. The van der Waals surface area contributed by atoms with Gasteiger partial charge in [0.15, 0.2) is 0 Å². The number of amides is 1. The van der Waals surface area contributed by atoms with Crippen molar-refractivity contribution in [2.24, 2.45) is 17.6 Å². The molecular weight excluding hydrogens is 290 g/mol. The predicted octanol–water partition coefficient (Wildman–Crippen LogP) is 1.37. The largest absolute Gasteiger partial charge is 0.330 e. The Bertz CT molecular complexity index is 598. The molecule has 116 valence electrons. The highest BCUT2D eigenvalue weighted by Crippen LogP contribution is 2.31. The van der Waals surface area contributed by atoms with Crippen molar-refractivity contribution in [3.05, 3.63) is 24.3 Å². The molecule has 1 aromatic rings. The molecule has 1 aliphatic rings. The molecule has 7 heteroatoms. The van der Waals surface area contributed by atoms with E-state index in [1.54, 1.807) is 24.3 Å². The Kier molecular flexibility index (Phi) is 4.84. The van der Waals surface area contributed by atoms with Gasteiger partial charge in [-0.2, -0.15) is 0 Å². The standard InChI is InChI=1S/C14H21N3O3S/c1-21(19,20)17-12-7-5-11(6-8-12)16-14(18)13-4-2-3-10(13)9-15/h5-8,10,13,17H,2-4,9,15H2,1H3,(H,16,18)/t10-,13-/m1/s1. The van der Waals surface area contributed by atoms with Gasteiger partial charge in [0.05, 0.1) is 6.26 Å². The minimum Gasteiger partial charge on any atom is -0.330 e. The summed E-state index contributed by atoms with van der Waals surface area (Å²) in [4.78, 5) is 12.2. The molecule has 21 heavy (non-hydrogen) atoms. The van der Waals surface area contributed by atoms with Crippen molar-refractivity contribution in [2.75, 3.05) is 22.8 Å². The van der Waals surface area contributed by atoms with E-state index in [-0.39, 0.29) is 17.7 Å². The normalized spacial score (nSPS) is 22.0. The Morgan fingerprint density at radius 1 is 1.24 bits per heavy atom. The molecule has 0 radical (unpaired) electrons. The first-order valence-electron chi connectivity index (χ1n) is 6.98. The average Bonchev–Trinajstić information content (AvgIpc) is 2.87. The molecule has 0 aromatic heterocycles. The highest BCUT2D eigenvalue weighted by molar-refractivity contribution is 7.92. The van der Waals surface area contributed by atoms with E-state index in [0.717, 1.165) is 25.5 Å². The van der Waals surface area contributed by atoms with Crippen LogP contribution in [0.2, 0.25) is 0 Å². The molecule has 0 bridgehead atoms. The summed E-state index contributed by atoms with van der Waals surface area (Å²) in [5.41, 5.74) is 6.81. The van der Waals surface area contributed by atoms with Gasteiger partial charge in [0.25, 0.3) is 0 Å². The number of rotatable bonds is 5.